The van der Waals surface area contributed by atoms with Gasteiger partial charge in [0.05, 0.1) is 18.2 Å². The standard InChI is InChI=1S/C22H33F2NO5Si/c1-21(2,3)31(6,7)30-17(12-8-9-14(23)15(24)10-12)13-11-16(25-20(26)27)19-18(13)28-22(4,5)29-19/h8-10,13,16-19,25H,11H2,1-7H3,(H,26,27)/t13-,16-,17?,18-,19+/m1/s1. The van der Waals surface area contributed by atoms with Gasteiger partial charge in [0.15, 0.2) is 25.7 Å². The van der Waals surface area contributed by atoms with E-state index in [9.17, 15) is 18.7 Å². The molecule has 0 spiro atoms. The first-order valence-electron chi connectivity index (χ1n) is 10.6. The second-order valence-corrected chi connectivity index (χ2v) is 15.2. The van der Waals surface area contributed by atoms with Gasteiger partial charge in [-0.2, -0.15) is 0 Å². The predicted molar refractivity (Wildman–Crippen MR) is 114 cm³/mol. The number of carboxylic acid groups (broad SMARTS) is 1. The Balaban J connectivity index is 2.03. The normalized spacial score (nSPS) is 28.9. The molecule has 0 aromatic heterocycles. The van der Waals surface area contributed by atoms with Gasteiger partial charge in [0.1, 0.15) is 6.10 Å². The third-order valence-corrected chi connectivity index (χ3v) is 11.2. The highest BCUT2D eigenvalue weighted by atomic mass is 28.4. The third-order valence-electron chi connectivity index (χ3n) is 6.71. The second kappa shape index (κ2) is 8.10. The molecule has 0 radical (unpaired) electrons. The number of ether oxygens (including phenoxy) is 2. The highest BCUT2D eigenvalue weighted by Crippen LogP contribution is 2.50. The summed E-state index contributed by atoms with van der Waals surface area (Å²) in [6.07, 6.45) is -2.29. The summed E-state index contributed by atoms with van der Waals surface area (Å²) in [6, 6.07) is 3.30. The van der Waals surface area contributed by atoms with Crippen molar-refractivity contribution in [2.75, 3.05) is 0 Å². The first-order valence-corrected chi connectivity index (χ1v) is 13.5. The molecule has 174 valence electrons. The fourth-order valence-electron chi connectivity index (χ4n) is 4.20. The zero-order chi connectivity index (χ0) is 23.4. The molecule has 6 nitrogen and oxygen atoms in total. The van der Waals surface area contributed by atoms with E-state index in [1.807, 2.05) is 0 Å². The molecule has 1 aliphatic heterocycles. The topological polar surface area (TPSA) is 77.0 Å². The van der Waals surface area contributed by atoms with Gasteiger partial charge >= 0.3 is 6.09 Å². The summed E-state index contributed by atoms with van der Waals surface area (Å²) in [5, 5.41) is 11.7. The second-order valence-electron chi connectivity index (χ2n) is 10.5. The largest absolute Gasteiger partial charge is 0.465 e. The number of carbonyl (C=O) groups is 1. The zero-order valence-electron chi connectivity index (χ0n) is 19.2. The van der Waals surface area contributed by atoms with Crippen LogP contribution in [0.4, 0.5) is 13.6 Å². The molecule has 1 unspecified atom stereocenters. The molecular weight excluding hydrogens is 424 g/mol. The van der Waals surface area contributed by atoms with Crippen LogP contribution in [0.3, 0.4) is 0 Å². The van der Waals surface area contributed by atoms with Crippen molar-refractivity contribution < 1.29 is 32.6 Å². The van der Waals surface area contributed by atoms with Gasteiger partial charge in [0, 0.05) is 5.92 Å². The molecule has 1 aromatic carbocycles. The van der Waals surface area contributed by atoms with Crippen LogP contribution >= 0.6 is 0 Å². The lowest BCUT2D eigenvalue weighted by atomic mass is 9.92. The molecule has 31 heavy (non-hydrogen) atoms. The van der Waals surface area contributed by atoms with Crippen molar-refractivity contribution in [2.45, 2.75) is 89.3 Å². The number of benzene rings is 1. The molecular formula is C22H33F2NO5Si. The van der Waals surface area contributed by atoms with Crippen molar-refractivity contribution in [3.8, 4) is 0 Å². The van der Waals surface area contributed by atoms with Crippen LogP contribution in [-0.4, -0.2) is 43.6 Å². The number of hydrogen-bond acceptors (Lipinski definition) is 4. The minimum Gasteiger partial charge on any atom is -0.465 e. The van der Waals surface area contributed by atoms with E-state index >= 15 is 0 Å². The van der Waals surface area contributed by atoms with E-state index < -0.39 is 56.2 Å². The number of nitrogens with one attached hydrogen (secondary N) is 1. The summed E-state index contributed by atoms with van der Waals surface area (Å²) >= 11 is 0. The van der Waals surface area contributed by atoms with Gasteiger partial charge in [-0.15, -0.1) is 0 Å². The Labute approximate surface area is 183 Å². The van der Waals surface area contributed by atoms with Crippen LogP contribution in [0.25, 0.3) is 0 Å². The van der Waals surface area contributed by atoms with Gasteiger partial charge in [0.25, 0.3) is 0 Å². The summed E-state index contributed by atoms with van der Waals surface area (Å²) in [6.45, 7) is 14.1. The lowest BCUT2D eigenvalue weighted by molar-refractivity contribution is -0.162. The number of rotatable bonds is 5. The molecule has 3 rings (SSSR count). The maximum absolute atomic E-state index is 14.2. The Morgan fingerprint density at radius 2 is 1.84 bits per heavy atom. The van der Waals surface area contributed by atoms with Crippen molar-refractivity contribution in [1.82, 2.24) is 5.32 Å². The summed E-state index contributed by atoms with van der Waals surface area (Å²) in [4.78, 5) is 11.4. The summed E-state index contributed by atoms with van der Waals surface area (Å²) in [5.74, 6) is -3.06. The van der Waals surface area contributed by atoms with Crippen molar-refractivity contribution in [3.63, 3.8) is 0 Å². The third kappa shape index (κ3) is 4.94. The lowest BCUT2D eigenvalue weighted by Gasteiger charge is -2.42. The number of amides is 1. The van der Waals surface area contributed by atoms with Crippen LogP contribution in [0, 0.1) is 17.6 Å². The van der Waals surface area contributed by atoms with Crippen molar-refractivity contribution >= 4 is 14.4 Å². The fraction of sp³-hybridized carbons (Fsp3) is 0.682. The van der Waals surface area contributed by atoms with Gasteiger partial charge in [-0.05, 0) is 56.1 Å². The van der Waals surface area contributed by atoms with Crippen LogP contribution in [-0.2, 0) is 13.9 Å². The van der Waals surface area contributed by atoms with Crippen molar-refractivity contribution in [3.05, 3.63) is 35.4 Å². The molecule has 1 heterocycles. The molecule has 1 saturated carbocycles. The smallest absolute Gasteiger partial charge is 0.404 e. The number of hydrogen-bond donors (Lipinski definition) is 2. The molecule has 2 aliphatic rings. The Morgan fingerprint density at radius 1 is 1.23 bits per heavy atom. The molecule has 1 saturated heterocycles. The van der Waals surface area contributed by atoms with Crippen LogP contribution < -0.4 is 5.32 Å². The van der Waals surface area contributed by atoms with Gasteiger partial charge in [-0.25, -0.2) is 13.6 Å². The molecule has 2 N–H and O–H groups in total. The fourth-order valence-corrected chi connectivity index (χ4v) is 5.50. The summed E-state index contributed by atoms with van der Waals surface area (Å²) in [7, 11) is -2.33. The molecule has 2 fully saturated rings. The van der Waals surface area contributed by atoms with E-state index in [1.54, 1.807) is 13.8 Å². The monoisotopic (exact) mass is 457 g/mol. The van der Waals surface area contributed by atoms with E-state index in [0.717, 1.165) is 6.07 Å². The molecule has 0 bridgehead atoms. The van der Waals surface area contributed by atoms with Gasteiger partial charge in [-0.3, -0.25) is 0 Å². The van der Waals surface area contributed by atoms with Crippen LogP contribution in [0.1, 0.15) is 52.7 Å². The molecule has 1 aromatic rings. The van der Waals surface area contributed by atoms with E-state index in [1.165, 1.54) is 12.1 Å². The van der Waals surface area contributed by atoms with E-state index in [0.29, 0.717) is 12.0 Å². The maximum Gasteiger partial charge on any atom is 0.404 e. The van der Waals surface area contributed by atoms with Crippen LogP contribution in [0.2, 0.25) is 18.1 Å². The molecule has 9 heteroatoms. The summed E-state index contributed by atoms with van der Waals surface area (Å²) in [5.41, 5.74) is 0.511. The maximum atomic E-state index is 14.2. The SMILES string of the molecule is CC1(C)O[C@@H]2[C@H](O1)[C@@H](C(O[Si](C)(C)C(C)(C)C)c1ccc(F)c(F)c1)C[C@H]2NC(=O)O. The first kappa shape index (κ1) is 24.1. The average Bonchev–Trinajstić information content (AvgIpc) is 3.08. The van der Waals surface area contributed by atoms with Crippen molar-refractivity contribution in [2.24, 2.45) is 5.92 Å². The Hall–Kier alpha value is -1.55. The summed E-state index contributed by atoms with van der Waals surface area (Å²) < 4.78 is 46.7. The van der Waals surface area contributed by atoms with E-state index in [4.69, 9.17) is 13.9 Å². The molecule has 1 aliphatic carbocycles. The van der Waals surface area contributed by atoms with Gasteiger partial charge in [-0.1, -0.05) is 26.8 Å². The van der Waals surface area contributed by atoms with E-state index in [2.05, 4.69) is 39.2 Å². The van der Waals surface area contributed by atoms with Crippen molar-refractivity contribution in [1.29, 1.82) is 0 Å². The highest BCUT2D eigenvalue weighted by molar-refractivity contribution is 6.74. The quantitative estimate of drug-likeness (QED) is 0.594. The van der Waals surface area contributed by atoms with Crippen LogP contribution in [0.5, 0.6) is 0 Å². The zero-order valence-corrected chi connectivity index (χ0v) is 20.2. The molecule has 5 atom stereocenters. The predicted octanol–water partition coefficient (Wildman–Crippen LogP) is 5.20. The Bertz CT molecular complexity index is 842. The average molecular weight is 458 g/mol. The highest BCUT2D eigenvalue weighted by Gasteiger charge is 2.57. The minimum absolute atomic E-state index is 0.118. The number of fused-ring (bicyclic) bond motifs is 1. The lowest BCUT2D eigenvalue weighted by Crippen LogP contribution is -2.44. The van der Waals surface area contributed by atoms with Gasteiger partial charge in [0.2, 0.25) is 0 Å². The Kier molecular flexibility index (Phi) is 6.29. The number of halogens is 2. The van der Waals surface area contributed by atoms with Crippen LogP contribution in [0.15, 0.2) is 18.2 Å². The van der Waals surface area contributed by atoms with Gasteiger partial charge < -0.3 is 24.3 Å². The Morgan fingerprint density at radius 3 is 2.39 bits per heavy atom. The molecule has 1 amide bonds. The first-order chi connectivity index (χ1) is 14.1. The van der Waals surface area contributed by atoms with E-state index in [-0.39, 0.29) is 11.0 Å². The minimum atomic E-state index is -2.33.